The Hall–Kier alpha value is -1.79. The Morgan fingerprint density at radius 3 is 2.42 bits per heavy atom. The molecule has 1 aromatic carbocycles. The average Bonchev–Trinajstić information content (AvgIpc) is 3.02. The van der Waals surface area contributed by atoms with Gasteiger partial charge in [0.25, 0.3) is 0 Å². The van der Waals surface area contributed by atoms with E-state index in [0.29, 0.717) is 16.2 Å². The average molecular weight is 436 g/mol. The van der Waals surface area contributed by atoms with Crippen LogP contribution in [0.2, 0.25) is 0 Å². The normalized spacial score (nSPS) is 13.3. The Labute approximate surface area is 162 Å². The summed E-state index contributed by atoms with van der Waals surface area (Å²) in [5, 5.41) is -0.0899. The number of benzene rings is 1. The lowest BCUT2D eigenvalue weighted by molar-refractivity contribution is 0.290. The zero-order valence-corrected chi connectivity index (χ0v) is 17.4. The molecule has 0 spiro atoms. The van der Waals surface area contributed by atoms with Crippen molar-refractivity contribution in [3.63, 3.8) is 0 Å². The molecular formula is C20H22BrNO3S. The van der Waals surface area contributed by atoms with E-state index in [2.05, 4.69) is 15.9 Å². The van der Waals surface area contributed by atoms with Crippen molar-refractivity contribution in [3.8, 4) is 5.75 Å². The van der Waals surface area contributed by atoms with E-state index in [1.54, 1.807) is 24.3 Å². The van der Waals surface area contributed by atoms with Crippen LogP contribution in [0.15, 0.2) is 64.6 Å². The second-order valence-electron chi connectivity index (χ2n) is 6.47. The molecule has 0 aliphatic rings. The van der Waals surface area contributed by atoms with E-state index in [9.17, 15) is 8.42 Å². The van der Waals surface area contributed by atoms with Gasteiger partial charge in [-0.3, -0.25) is 0 Å². The maximum absolute atomic E-state index is 13.4. The van der Waals surface area contributed by atoms with Gasteiger partial charge in [0.2, 0.25) is 9.84 Å². The molecule has 0 aliphatic carbocycles. The molecule has 4 nitrogen and oxygen atoms in total. The van der Waals surface area contributed by atoms with Crippen LogP contribution < -0.4 is 4.74 Å². The van der Waals surface area contributed by atoms with Crippen LogP contribution in [0.1, 0.15) is 38.7 Å². The summed E-state index contributed by atoms with van der Waals surface area (Å²) in [7, 11) is -3.64. The lowest BCUT2D eigenvalue weighted by atomic mass is 10.1. The second kappa shape index (κ2) is 7.45. The fourth-order valence-corrected chi connectivity index (χ4v) is 4.86. The van der Waals surface area contributed by atoms with Crippen LogP contribution in [0.3, 0.4) is 0 Å². The van der Waals surface area contributed by atoms with E-state index in [-0.39, 0.29) is 15.8 Å². The van der Waals surface area contributed by atoms with Crippen molar-refractivity contribution in [2.45, 2.75) is 47.9 Å². The lowest BCUT2D eigenvalue weighted by Crippen LogP contribution is -2.07. The van der Waals surface area contributed by atoms with Crippen molar-refractivity contribution in [3.05, 3.63) is 60.4 Å². The van der Waals surface area contributed by atoms with Crippen molar-refractivity contribution in [1.82, 2.24) is 4.40 Å². The highest BCUT2D eigenvalue weighted by atomic mass is 79.9. The minimum absolute atomic E-state index is 0.0899. The fourth-order valence-electron chi connectivity index (χ4n) is 2.87. The maximum Gasteiger partial charge on any atom is 0.209 e. The molecule has 2 aromatic heterocycles. The lowest BCUT2D eigenvalue weighted by Gasteiger charge is -2.12. The molecule has 26 heavy (non-hydrogen) atoms. The molecule has 0 radical (unpaired) electrons. The molecule has 0 saturated heterocycles. The topological polar surface area (TPSA) is 47.8 Å². The number of fused-ring (bicyclic) bond motifs is 1. The van der Waals surface area contributed by atoms with E-state index in [1.165, 1.54) is 0 Å². The molecular weight excluding hydrogens is 414 g/mol. The molecule has 138 valence electrons. The first-order chi connectivity index (χ1) is 12.3. The first-order valence-electron chi connectivity index (χ1n) is 8.60. The predicted octanol–water partition coefficient (Wildman–Crippen LogP) is 5.41. The molecule has 0 amide bonds. The number of ether oxygens (including phenoxy) is 1. The summed E-state index contributed by atoms with van der Waals surface area (Å²) in [5.41, 5.74) is 1.52. The highest BCUT2D eigenvalue weighted by molar-refractivity contribution is 9.09. The van der Waals surface area contributed by atoms with Gasteiger partial charge in [-0.2, -0.15) is 0 Å². The Bertz CT molecular complexity index is 1010. The third-order valence-electron chi connectivity index (χ3n) is 4.27. The summed E-state index contributed by atoms with van der Waals surface area (Å²) in [6.45, 7) is 6.01. The van der Waals surface area contributed by atoms with Gasteiger partial charge in [0.15, 0.2) is 5.01 Å². The van der Waals surface area contributed by atoms with Crippen LogP contribution in [0.5, 0.6) is 5.75 Å². The molecule has 0 saturated carbocycles. The zero-order valence-electron chi connectivity index (χ0n) is 15.0. The first kappa shape index (κ1) is 19.0. The van der Waals surface area contributed by atoms with Gasteiger partial charge in [-0.1, -0.05) is 26.8 Å². The molecule has 1 unspecified atom stereocenters. The summed E-state index contributed by atoms with van der Waals surface area (Å²) >= 11 is 3.41. The minimum Gasteiger partial charge on any atom is -0.479 e. The minimum atomic E-state index is -3.64. The Morgan fingerprint density at radius 1 is 1.12 bits per heavy atom. The highest BCUT2D eigenvalue weighted by Crippen LogP contribution is 2.34. The number of hydrogen-bond donors (Lipinski definition) is 0. The number of halogens is 1. The standard InChI is InChI=1S/C20H22BrNO3S/c1-4-19(21)25-15-8-10-16(11-9-15)26(23,24)20-17(14(2)3)13-22-12-6-5-7-18(20)22/h5-14,19H,4H2,1-3H3. The van der Waals surface area contributed by atoms with Crippen LogP contribution in [0.4, 0.5) is 0 Å². The fraction of sp³-hybridized carbons (Fsp3) is 0.300. The van der Waals surface area contributed by atoms with Gasteiger partial charge in [-0.05, 0) is 70.2 Å². The second-order valence-corrected chi connectivity index (χ2v) is 9.38. The molecule has 6 heteroatoms. The Morgan fingerprint density at radius 2 is 1.81 bits per heavy atom. The van der Waals surface area contributed by atoms with Crippen LogP contribution in [0.25, 0.3) is 5.52 Å². The van der Waals surface area contributed by atoms with Gasteiger partial charge >= 0.3 is 0 Å². The van der Waals surface area contributed by atoms with Crippen molar-refractivity contribution in [1.29, 1.82) is 0 Å². The van der Waals surface area contributed by atoms with E-state index < -0.39 is 9.84 Å². The largest absolute Gasteiger partial charge is 0.479 e. The number of alkyl halides is 1. The number of hydrogen-bond acceptors (Lipinski definition) is 3. The number of pyridine rings is 1. The molecule has 0 aliphatic heterocycles. The molecule has 2 heterocycles. The summed E-state index contributed by atoms with van der Waals surface area (Å²) < 4.78 is 34.3. The molecule has 3 rings (SSSR count). The highest BCUT2D eigenvalue weighted by Gasteiger charge is 2.27. The number of sulfone groups is 1. The summed E-state index contributed by atoms with van der Waals surface area (Å²) in [6.07, 6.45) is 4.59. The third kappa shape index (κ3) is 3.53. The maximum atomic E-state index is 13.4. The number of nitrogens with zero attached hydrogens (tertiary/aromatic N) is 1. The van der Waals surface area contributed by atoms with Crippen LogP contribution in [0, 0.1) is 0 Å². The van der Waals surface area contributed by atoms with E-state index >= 15 is 0 Å². The first-order valence-corrected chi connectivity index (χ1v) is 11.0. The van der Waals surface area contributed by atoms with E-state index in [0.717, 1.165) is 12.0 Å². The van der Waals surface area contributed by atoms with Crippen molar-refractivity contribution >= 4 is 31.3 Å². The van der Waals surface area contributed by atoms with Gasteiger partial charge in [-0.25, -0.2) is 8.42 Å². The number of rotatable bonds is 6. The predicted molar refractivity (Wildman–Crippen MR) is 107 cm³/mol. The van der Waals surface area contributed by atoms with Gasteiger partial charge < -0.3 is 9.14 Å². The SMILES string of the molecule is CCC(Br)Oc1ccc(S(=O)(=O)c2c(C(C)C)cn3ccccc23)cc1. The van der Waals surface area contributed by atoms with Crippen LogP contribution in [-0.2, 0) is 9.84 Å². The Kier molecular flexibility index (Phi) is 5.44. The van der Waals surface area contributed by atoms with Crippen molar-refractivity contribution in [2.24, 2.45) is 0 Å². The monoisotopic (exact) mass is 435 g/mol. The smallest absolute Gasteiger partial charge is 0.209 e. The summed E-state index contributed by atoms with van der Waals surface area (Å²) in [5.74, 6) is 0.736. The van der Waals surface area contributed by atoms with Crippen molar-refractivity contribution in [2.75, 3.05) is 0 Å². The van der Waals surface area contributed by atoms with Gasteiger partial charge in [-0.15, -0.1) is 0 Å². The molecule has 0 fully saturated rings. The van der Waals surface area contributed by atoms with Gasteiger partial charge in [0.05, 0.1) is 10.4 Å². The molecule has 1 atom stereocenters. The van der Waals surface area contributed by atoms with Gasteiger partial charge in [0.1, 0.15) is 10.6 Å². The number of aromatic nitrogens is 1. The molecule has 3 aromatic rings. The molecule has 0 bridgehead atoms. The zero-order chi connectivity index (χ0) is 18.9. The van der Waals surface area contributed by atoms with Crippen molar-refractivity contribution < 1.29 is 13.2 Å². The van der Waals surface area contributed by atoms with Gasteiger partial charge in [0, 0.05) is 12.4 Å². The Balaban J connectivity index is 2.08. The quantitative estimate of drug-likeness (QED) is 0.486. The van der Waals surface area contributed by atoms with Crippen LogP contribution >= 0.6 is 15.9 Å². The van der Waals surface area contributed by atoms with E-state index in [1.807, 2.05) is 55.8 Å². The third-order valence-corrected chi connectivity index (χ3v) is 6.98. The summed E-state index contributed by atoms with van der Waals surface area (Å²) in [4.78, 5) is 0.653. The van der Waals surface area contributed by atoms with E-state index in [4.69, 9.17) is 4.74 Å². The van der Waals surface area contributed by atoms with Crippen LogP contribution in [-0.4, -0.2) is 17.8 Å². The molecule has 0 N–H and O–H groups in total. The summed E-state index contributed by atoms with van der Waals surface area (Å²) in [6, 6.07) is 12.2.